The van der Waals surface area contributed by atoms with Crippen LogP contribution in [0.3, 0.4) is 0 Å². The summed E-state index contributed by atoms with van der Waals surface area (Å²) >= 11 is 0. The van der Waals surface area contributed by atoms with Gasteiger partial charge in [-0.1, -0.05) is 32.4 Å². The zero-order valence-electron chi connectivity index (χ0n) is 14.0. The van der Waals surface area contributed by atoms with E-state index in [-0.39, 0.29) is 12.4 Å². The number of piperidine rings is 1. The number of hydrogen-bond donors (Lipinski definition) is 1. The number of benzene rings is 1. The molecule has 1 saturated heterocycles. The van der Waals surface area contributed by atoms with Crippen LogP contribution in [0.2, 0.25) is 0 Å². The van der Waals surface area contributed by atoms with Gasteiger partial charge < -0.3 is 9.84 Å². The Bertz CT molecular complexity index is 422. The second kappa shape index (κ2) is 9.39. The molecule has 1 aliphatic heterocycles. The first kappa shape index (κ1) is 19.3. The third-order valence-corrected chi connectivity index (χ3v) is 4.37. The second-order valence-electron chi connectivity index (χ2n) is 6.53. The fourth-order valence-electron chi connectivity index (χ4n) is 2.89. The van der Waals surface area contributed by atoms with Gasteiger partial charge in [-0.2, -0.15) is 0 Å². The van der Waals surface area contributed by atoms with E-state index in [2.05, 4.69) is 37.8 Å². The largest absolute Gasteiger partial charge is 0.491 e. The molecule has 3 nitrogen and oxygen atoms in total. The Balaban J connectivity index is 0.00000242. The Kier molecular flexibility index (Phi) is 8.23. The van der Waals surface area contributed by atoms with Gasteiger partial charge in [-0.25, -0.2) is 0 Å². The highest BCUT2D eigenvalue weighted by molar-refractivity contribution is 5.85. The molecule has 126 valence electrons. The molecule has 1 aliphatic rings. The van der Waals surface area contributed by atoms with Crippen LogP contribution in [0, 0.1) is 0 Å². The maximum atomic E-state index is 10.2. The first-order valence-electron chi connectivity index (χ1n) is 8.21. The highest BCUT2D eigenvalue weighted by Gasteiger charge is 2.20. The number of halogens is 1. The van der Waals surface area contributed by atoms with Crippen molar-refractivity contribution < 1.29 is 9.84 Å². The molecule has 1 heterocycles. The van der Waals surface area contributed by atoms with Crippen molar-refractivity contribution >= 4 is 12.4 Å². The summed E-state index contributed by atoms with van der Waals surface area (Å²) in [6, 6.07) is 8.76. The second-order valence-corrected chi connectivity index (χ2v) is 6.53. The Morgan fingerprint density at radius 2 is 1.91 bits per heavy atom. The average Bonchev–Trinajstić information content (AvgIpc) is 2.48. The number of β-amino-alcohol motifs (C(OH)–C–C–N with tert-alkyl or cyclic N) is 1. The van der Waals surface area contributed by atoms with Gasteiger partial charge >= 0.3 is 0 Å². The van der Waals surface area contributed by atoms with Gasteiger partial charge in [0.2, 0.25) is 0 Å². The molecule has 1 N–H and O–H groups in total. The molecule has 0 bridgehead atoms. The first-order valence-corrected chi connectivity index (χ1v) is 8.21. The lowest BCUT2D eigenvalue weighted by Crippen LogP contribution is -2.43. The van der Waals surface area contributed by atoms with Crippen LogP contribution in [0.15, 0.2) is 24.3 Å². The van der Waals surface area contributed by atoms with Crippen LogP contribution >= 0.6 is 12.4 Å². The maximum absolute atomic E-state index is 10.2. The SMILES string of the molecule is CC(C)c1ccc(OCC(O)CN2CCCCC2C)cc1.Cl. The third kappa shape index (κ3) is 5.79. The van der Waals surface area contributed by atoms with Gasteiger partial charge in [0.05, 0.1) is 0 Å². The molecule has 0 radical (unpaired) electrons. The van der Waals surface area contributed by atoms with Crippen molar-refractivity contribution in [3.05, 3.63) is 29.8 Å². The van der Waals surface area contributed by atoms with E-state index in [1.807, 2.05) is 12.1 Å². The summed E-state index contributed by atoms with van der Waals surface area (Å²) in [6.45, 7) is 8.78. The topological polar surface area (TPSA) is 32.7 Å². The molecule has 4 heteroatoms. The Hall–Kier alpha value is -0.770. The van der Waals surface area contributed by atoms with Crippen molar-refractivity contribution in [3.63, 3.8) is 0 Å². The molecule has 0 amide bonds. The van der Waals surface area contributed by atoms with E-state index >= 15 is 0 Å². The van der Waals surface area contributed by atoms with E-state index in [0.29, 0.717) is 25.1 Å². The van der Waals surface area contributed by atoms with Crippen LogP contribution in [0.4, 0.5) is 0 Å². The zero-order valence-corrected chi connectivity index (χ0v) is 14.8. The lowest BCUT2D eigenvalue weighted by atomic mass is 10.0. The number of aliphatic hydroxyl groups excluding tert-OH is 1. The number of rotatable bonds is 6. The monoisotopic (exact) mass is 327 g/mol. The smallest absolute Gasteiger partial charge is 0.119 e. The van der Waals surface area contributed by atoms with Crippen LogP contribution in [0.5, 0.6) is 5.75 Å². The summed E-state index contributed by atoms with van der Waals surface area (Å²) in [6.07, 6.45) is 3.38. The Labute approximate surface area is 141 Å². The highest BCUT2D eigenvalue weighted by Crippen LogP contribution is 2.19. The van der Waals surface area contributed by atoms with Gasteiger partial charge in [0.25, 0.3) is 0 Å². The van der Waals surface area contributed by atoms with Gasteiger partial charge in [0.15, 0.2) is 0 Å². The molecule has 2 atom stereocenters. The van der Waals surface area contributed by atoms with Crippen molar-refractivity contribution in [2.24, 2.45) is 0 Å². The van der Waals surface area contributed by atoms with E-state index in [9.17, 15) is 5.11 Å². The fraction of sp³-hybridized carbons (Fsp3) is 0.667. The Morgan fingerprint density at radius 1 is 1.23 bits per heavy atom. The molecule has 0 saturated carbocycles. The Morgan fingerprint density at radius 3 is 2.50 bits per heavy atom. The normalized spacial score (nSPS) is 20.5. The van der Waals surface area contributed by atoms with Crippen molar-refractivity contribution in [2.45, 2.75) is 58.1 Å². The minimum atomic E-state index is -0.421. The maximum Gasteiger partial charge on any atom is 0.119 e. The van der Waals surface area contributed by atoms with Gasteiger partial charge in [-0.15, -0.1) is 12.4 Å². The summed E-state index contributed by atoms with van der Waals surface area (Å²) in [7, 11) is 0. The predicted molar refractivity (Wildman–Crippen MR) is 94.2 cm³/mol. The van der Waals surface area contributed by atoms with E-state index in [4.69, 9.17) is 4.74 Å². The minimum absolute atomic E-state index is 0. The quantitative estimate of drug-likeness (QED) is 0.861. The summed E-state index contributed by atoms with van der Waals surface area (Å²) in [5, 5.41) is 10.2. The van der Waals surface area contributed by atoms with E-state index in [0.717, 1.165) is 12.3 Å². The predicted octanol–water partition coefficient (Wildman–Crippen LogP) is 3.85. The number of aliphatic hydroxyl groups is 1. The van der Waals surface area contributed by atoms with Gasteiger partial charge in [0.1, 0.15) is 18.5 Å². The van der Waals surface area contributed by atoms with E-state index in [1.165, 1.54) is 24.8 Å². The van der Waals surface area contributed by atoms with Crippen LogP contribution in [0.25, 0.3) is 0 Å². The molecule has 1 fully saturated rings. The molecular weight excluding hydrogens is 298 g/mol. The number of ether oxygens (including phenoxy) is 1. The lowest BCUT2D eigenvalue weighted by molar-refractivity contribution is 0.0438. The molecule has 1 aromatic rings. The van der Waals surface area contributed by atoms with Gasteiger partial charge in [0, 0.05) is 12.6 Å². The fourth-order valence-corrected chi connectivity index (χ4v) is 2.89. The summed E-state index contributed by atoms with van der Waals surface area (Å²) < 4.78 is 5.70. The van der Waals surface area contributed by atoms with Crippen LogP contribution in [-0.4, -0.2) is 41.8 Å². The molecule has 2 rings (SSSR count). The van der Waals surface area contributed by atoms with Crippen molar-refractivity contribution in [1.82, 2.24) is 4.90 Å². The van der Waals surface area contributed by atoms with E-state index < -0.39 is 6.10 Å². The number of hydrogen-bond acceptors (Lipinski definition) is 3. The summed E-state index contributed by atoms with van der Waals surface area (Å²) in [5.41, 5.74) is 1.31. The molecule has 0 aliphatic carbocycles. The highest BCUT2D eigenvalue weighted by atomic mass is 35.5. The van der Waals surface area contributed by atoms with Gasteiger partial charge in [-0.05, 0) is 49.9 Å². The van der Waals surface area contributed by atoms with Crippen LogP contribution in [-0.2, 0) is 0 Å². The summed E-state index contributed by atoms with van der Waals surface area (Å²) in [5.74, 6) is 1.37. The molecule has 0 aromatic heterocycles. The van der Waals surface area contributed by atoms with Crippen LogP contribution < -0.4 is 4.74 Å². The zero-order chi connectivity index (χ0) is 15.2. The molecule has 22 heavy (non-hydrogen) atoms. The first-order chi connectivity index (χ1) is 10.1. The third-order valence-electron chi connectivity index (χ3n) is 4.37. The molecule has 2 unspecified atom stereocenters. The summed E-state index contributed by atoms with van der Waals surface area (Å²) in [4.78, 5) is 2.37. The molecule has 1 aromatic carbocycles. The number of likely N-dealkylation sites (tertiary alicyclic amines) is 1. The number of nitrogens with zero attached hydrogens (tertiary/aromatic N) is 1. The van der Waals surface area contributed by atoms with E-state index in [1.54, 1.807) is 0 Å². The minimum Gasteiger partial charge on any atom is -0.491 e. The van der Waals surface area contributed by atoms with Crippen molar-refractivity contribution in [2.75, 3.05) is 19.7 Å². The van der Waals surface area contributed by atoms with Crippen LogP contribution in [0.1, 0.15) is 51.5 Å². The molecular formula is C18H30ClNO2. The standard InChI is InChI=1S/C18H29NO2.ClH/c1-14(2)16-7-9-18(10-8-16)21-13-17(20)12-19-11-5-4-6-15(19)3;/h7-10,14-15,17,20H,4-6,11-13H2,1-3H3;1H. The average molecular weight is 328 g/mol. The van der Waals surface area contributed by atoms with Gasteiger partial charge in [-0.3, -0.25) is 4.90 Å². The van der Waals surface area contributed by atoms with Crippen molar-refractivity contribution in [1.29, 1.82) is 0 Å². The molecule has 0 spiro atoms. The lowest BCUT2D eigenvalue weighted by Gasteiger charge is -2.34. The van der Waals surface area contributed by atoms with Crippen molar-refractivity contribution in [3.8, 4) is 5.75 Å².